The van der Waals surface area contributed by atoms with Gasteiger partial charge in [-0.05, 0) is 58.9 Å². The highest BCUT2D eigenvalue weighted by atomic mass is 127. The van der Waals surface area contributed by atoms with Gasteiger partial charge in [0, 0.05) is 12.1 Å². The maximum Gasteiger partial charge on any atom is 0.270 e. The van der Waals surface area contributed by atoms with E-state index in [0.717, 1.165) is 9.13 Å². The Morgan fingerprint density at radius 3 is 2.76 bits per heavy atom. The van der Waals surface area contributed by atoms with Gasteiger partial charge in [0.25, 0.3) is 5.69 Å². The smallest absolute Gasteiger partial charge is 0.270 e. The molecular formula is C18H15IN2O4. The van der Waals surface area contributed by atoms with Gasteiger partial charge in [-0.3, -0.25) is 10.1 Å². The molecule has 0 radical (unpaired) electrons. The quantitative estimate of drug-likeness (QED) is 0.210. The Balaban J connectivity index is 2.50. The minimum absolute atomic E-state index is 0.0579. The Kier molecular flexibility index (Phi) is 6.36. The summed E-state index contributed by atoms with van der Waals surface area (Å²) >= 11 is 2.14. The topological polar surface area (TPSA) is 85.4 Å². The third-order valence-electron chi connectivity index (χ3n) is 3.34. The molecule has 0 unspecified atom stereocenters. The van der Waals surface area contributed by atoms with Gasteiger partial charge < -0.3 is 9.47 Å². The molecule has 0 spiro atoms. The number of benzene rings is 2. The number of non-ortho nitro benzene ring substituents is 1. The normalized spacial score (nSPS) is 10.9. The van der Waals surface area contributed by atoms with E-state index in [4.69, 9.17) is 9.47 Å². The number of nitro groups is 1. The van der Waals surface area contributed by atoms with E-state index in [2.05, 4.69) is 28.7 Å². The second-order valence-corrected chi connectivity index (χ2v) is 6.11. The standard InChI is InChI=1S/C18H15IN2O4/c1-3-25-18-16(19)8-12(9-17(18)24-2)7-14(11-20)13-5-4-6-15(10-13)21(22)23/h4-10H,3H2,1-2H3. The number of nitrogens with zero attached hydrogens (tertiary/aromatic N) is 2. The summed E-state index contributed by atoms with van der Waals surface area (Å²) in [6.45, 7) is 2.40. The first kappa shape index (κ1) is 18.7. The summed E-state index contributed by atoms with van der Waals surface area (Å²) in [4.78, 5) is 10.4. The molecule has 0 aromatic heterocycles. The van der Waals surface area contributed by atoms with Crippen LogP contribution in [0.5, 0.6) is 11.5 Å². The highest BCUT2D eigenvalue weighted by Gasteiger charge is 2.12. The van der Waals surface area contributed by atoms with Gasteiger partial charge >= 0.3 is 0 Å². The molecule has 6 nitrogen and oxygen atoms in total. The lowest BCUT2D eigenvalue weighted by Gasteiger charge is -2.12. The Bertz CT molecular complexity index is 872. The van der Waals surface area contributed by atoms with E-state index in [1.54, 1.807) is 31.4 Å². The maximum absolute atomic E-state index is 10.9. The summed E-state index contributed by atoms with van der Waals surface area (Å²) < 4.78 is 11.8. The summed E-state index contributed by atoms with van der Waals surface area (Å²) in [5.41, 5.74) is 1.50. The van der Waals surface area contributed by atoms with Crippen molar-refractivity contribution in [3.63, 3.8) is 0 Å². The summed E-state index contributed by atoms with van der Waals surface area (Å²) in [5.74, 6) is 1.22. The van der Waals surface area contributed by atoms with Crippen molar-refractivity contribution in [2.45, 2.75) is 6.92 Å². The van der Waals surface area contributed by atoms with Crippen LogP contribution in [0, 0.1) is 25.0 Å². The maximum atomic E-state index is 10.9. The zero-order valence-electron chi connectivity index (χ0n) is 13.7. The van der Waals surface area contributed by atoms with Crippen molar-refractivity contribution in [3.05, 3.63) is 61.2 Å². The van der Waals surface area contributed by atoms with Gasteiger partial charge in [0.05, 0.1) is 33.9 Å². The summed E-state index contributed by atoms with van der Waals surface area (Å²) in [7, 11) is 1.55. The predicted octanol–water partition coefficient (Wildman–Crippen LogP) is 4.67. The lowest BCUT2D eigenvalue weighted by atomic mass is 10.0. The molecule has 0 aliphatic rings. The number of methoxy groups -OCH3 is 1. The highest BCUT2D eigenvalue weighted by Crippen LogP contribution is 2.35. The molecule has 0 fully saturated rings. The van der Waals surface area contributed by atoms with Crippen molar-refractivity contribution >= 4 is 39.9 Å². The zero-order valence-corrected chi connectivity index (χ0v) is 15.8. The van der Waals surface area contributed by atoms with Gasteiger partial charge in [-0.25, -0.2) is 0 Å². The van der Waals surface area contributed by atoms with Crippen molar-refractivity contribution < 1.29 is 14.4 Å². The number of ether oxygens (including phenoxy) is 2. The third kappa shape index (κ3) is 4.48. The molecule has 0 aliphatic carbocycles. The molecular weight excluding hydrogens is 435 g/mol. The van der Waals surface area contributed by atoms with Crippen LogP contribution in [-0.4, -0.2) is 18.6 Å². The van der Waals surface area contributed by atoms with Crippen LogP contribution in [0.15, 0.2) is 36.4 Å². The van der Waals surface area contributed by atoms with E-state index in [1.807, 2.05) is 13.0 Å². The Hall–Kier alpha value is -2.60. The number of allylic oxidation sites excluding steroid dienone is 1. The van der Waals surface area contributed by atoms with Crippen molar-refractivity contribution in [1.29, 1.82) is 5.26 Å². The molecule has 0 amide bonds. The lowest BCUT2D eigenvalue weighted by Crippen LogP contribution is -1.98. The van der Waals surface area contributed by atoms with E-state index in [1.165, 1.54) is 12.1 Å². The monoisotopic (exact) mass is 450 g/mol. The van der Waals surface area contributed by atoms with Crippen molar-refractivity contribution in [3.8, 4) is 17.6 Å². The molecule has 128 valence electrons. The molecule has 2 rings (SSSR count). The van der Waals surface area contributed by atoms with E-state index in [0.29, 0.717) is 29.2 Å². The molecule has 0 heterocycles. The fraction of sp³-hybridized carbons (Fsp3) is 0.167. The molecule has 0 saturated heterocycles. The number of nitriles is 1. The van der Waals surface area contributed by atoms with Crippen LogP contribution in [0.1, 0.15) is 18.1 Å². The van der Waals surface area contributed by atoms with E-state index in [-0.39, 0.29) is 5.69 Å². The summed E-state index contributed by atoms with van der Waals surface area (Å²) in [5, 5.41) is 20.4. The first-order valence-electron chi connectivity index (χ1n) is 7.37. The van der Waals surface area contributed by atoms with Crippen LogP contribution in [0.2, 0.25) is 0 Å². The fourth-order valence-electron chi connectivity index (χ4n) is 2.24. The number of hydrogen-bond donors (Lipinski definition) is 0. The van der Waals surface area contributed by atoms with Crippen LogP contribution in [0.25, 0.3) is 11.6 Å². The first-order valence-corrected chi connectivity index (χ1v) is 8.45. The molecule has 2 aromatic carbocycles. The van der Waals surface area contributed by atoms with Crippen molar-refractivity contribution in [2.75, 3.05) is 13.7 Å². The average Bonchev–Trinajstić information content (AvgIpc) is 2.61. The number of rotatable bonds is 6. The Labute approximate surface area is 159 Å². The van der Waals surface area contributed by atoms with Crippen molar-refractivity contribution in [2.24, 2.45) is 0 Å². The molecule has 2 aromatic rings. The predicted molar refractivity (Wildman–Crippen MR) is 103 cm³/mol. The number of hydrogen-bond acceptors (Lipinski definition) is 5. The second kappa shape index (κ2) is 8.48. The number of nitro benzene ring substituents is 1. The van der Waals surface area contributed by atoms with E-state index < -0.39 is 4.92 Å². The van der Waals surface area contributed by atoms with E-state index in [9.17, 15) is 15.4 Å². The Morgan fingerprint density at radius 2 is 2.16 bits per heavy atom. The van der Waals surface area contributed by atoms with Crippen molar-refractivity contribution in [1.82, 2.24) is 0 Å². The van der Waals surface area contributed by atoms with Crippen LogP contribution >= 0.6 is 22.6 Å². The summed E-state index contributed by atoms with van der Waals surface area (Å²) in [6, 6.07) is 11.7. The van der Waals surface area contributed by atoms with Gasteiger partial charge in [-0.15, -0.1) is 0 Å². The van der Waals surface area contributed by atoms with Crippen LogP contribution in [-0.2, 0) is 0 Å². The molecule has 25 heavy (non-hydrogen) atoms. The highest BCUT2D eigenvalue weighted by molar-refractivity contribution is 14.1. The Morgan fingerprint density at radius 1 is 1.40 bits per heavy atom. The van der Waals surface area contributed by atoms with Gasteiger partial charge in [-0.2, -0.15) is 5.26 Å². The molecule has 0 atom stereocenters. The molecule has 0 N–H and O–H groups in total. The minimum atomic E-state index is -0.485. The molecule has 0 aliphatic heterocycles. The fourth-order valence-corrected chi connectivity index (χ4v) is 3.02. The van der Waals surface area contributed by atoms with Crippen LogP contribution in [0.4, 0.5) is 5.69 Å². The number of halogens is 1. The molecule has 0 saturated carbocycles. The van der Waals surface area contributed by atoms with Crippen LogP contribution in [0.3, 0.4) is 0 Å². The third-order valence-corrected chi connectivity index (χ3v) is 4.14. The SMILES string of the molecule is CCOc1c(I)cc(C=C(C#N)c2cccc([N+](=O)[O-])c2)cc1OC. The zero-order chi connectivity index (χ0) is 18.4. The molecule has 7 heteroatoms. The largest absolute Gasteiger partial charge is 0.493 e. The molecule has 0 bridgehead atoms. The average molecular weight is 450 g/mol. The summed E-state index contributed by atoms with van der Waals surface area (Å²) in [6.07, 6.45) is 1.67. The first-order chi connectivity index (χ1) is 12.0. The van der Waals surface area contributed by atoms with Gasteiger partial charge in [0.1, 0.15) is 0 Å². The lowest BCUT2D eigenvalue weighted by molar-refractivity contribution is -0.384. The van der Waals surface area contributed by atoms with Gasteiger partial charge in [0.2, 0.25) is 0 Å². The van der Waals surface area contributed by atoms with E-state index >= 15 is 0 Å². The second-order valence-electron chi connectivity index (χ2n) is 4.94. The minimum Gasteiger partial charge on any atom is -0.493 e. The van der Waals surface area contributed by atoms with Crippen LogP contribution < -0.4 is 9.47 Å². The van der Waals surface area contributed by atoms with Gasteiger partial charge in [-0.1, -0.05) is 12.1 Å². The van der Waals surface area contributed by atoms with Gasteiger partial charge in [0.15, 0.2) is 11.5 Å².